The SMILES string of the molecule is CN(C)[C@@]12CCCC[C@@H]1CCc1ccccc12. The molecule has 17 heavy (non-hydrogen) atoms. The van der Waals surface area contributed by atoms with Crippen LogP contribution in [0.5, 0.6) is 0 Å². The number of hydrogen-bond acceptors (Lipinski definition) is 1. The predicted octanol–water partition coefficient (Wildman–Crippen LogP) is 3.58. The Hall–Kier alpha value is -0.820. The van der Waals surface area contributed by atoms with Crippen molar-refractivity contribution in [2.24, 2.45) is 5.92 Å². The van der Waals surface area contributed by atoms with Crippen LogP contribution < -0.4 is 0 Å². The lowest BCUT2D eigenvalue weighted by Crippen LogP contribution is -2.51. The monoisotopic (exact) mass is 229 g/mol. The quantitative estimate of drug-likeness (QED) is 0.711. The standard InChI is InChI=1S/C16H23N/c1-17(2)16-12-6-5-8-14(16)11-10-13-7-3-4-9-15(13)16/h3-4,7,9,14H,5-6,8,10-12H2,1-2H3/t14-,16+/m1/s1. The maximum atomic E-state index is 2.51. The molecule has 0 N–H and O–H groups in total. The van der Waals surface area contributed by atoms with Gasteiger partial charge in [0.05, 0.1) is 0 Å². The minimum atomic E-state index is 0.340. The second kappa shape index (κ2) is 4.13. The van der Waals surface area contributed by atoms with Gasteiger partial charge in [-0.3, -0.25) is 4.90 Å². The Morgan fingerprint density at radius 2 is 1.94 bits per heavy atom. The first-order valence-electron chi connectivity index (χ1n) is 7.01. The van der Waals surface area contributed by atoms with E-state index in [1.165, 1.54) is 38.5 Å². The Balaban J connectivity index is 2.14. The highest BCUT2D eigenvalue weighted by Gasteiger charge is 2.46. The van der Waals surface area contributed by atoms with Crippen LogP contribution >= 0.6 is 0 Å². The van der Waals surface area contributed by atoms with Crippen molar-refractivity contribution in [2.75, 3.05) is 14.1 Å². The van der Waals surface area contributed by atoms with E-state index in [4.69, 9.17) is 0 Å². The van der Waals surface area contributed by atoms with Gasteiger partial charge in [0, 0.05) is 5.54 Å². The molecule has 0 spiro atoms. The largest absolute Gasteiger partial charge is 0.299 e. The highest BCUT2D eigenvalue weighted by molar-refractivity contribution is 5.37. The van der Waals surface area contributed by atoms with Gasteiger partial charge in [0.2, 0.25) is 0 Å². The molecule has 2 aliphatic rings. The first kappa shape index (κ1) is 11.3. The molecular formula is C16H23N. The summed E-state index contributed by atoms with van der Waals surface area (Å²) in [5.41, 5.74) is 3.56. The molecule has 1 saturated carbocycles. The highest BCUT2D eigenvalue weighted by Crippen LogP contribution is 2.50. The average Bonchev–Trinajstić information content (AvgIpc) is 2.38. The number of nitrogens with zero attached hydrogens (tertiary/aromatic N) is 1. The molecule has 0 unspecified atom stereocenters. The summed E-state index contributed by atoms with van der Waals surface area (Å²) in [6.45, 7) is 0. The van der Waals surface area contributed by atoms with Gasteiger partial charge >= 0.3 is 0 Å². The summed E-state index contributed by atoms with van der Waals surface area (Å²) in [5.74, 6) is 0.876. The lowest BCUT2D eigenvalue weighted by molar-refractivity contribution is 0.0203. The van der Waals surface area contributed by atoms with Crippen LogP contribution in [0.2, 0.25) is 0 Å². The third-order valence-corrected chi connectivity index (χ3v) is 5.08. The maximum Gasteiger partial charge on any atom is 0.0486 e. The van der Waals surface area contributed by atoms with Crippen molar-refractivity contribution in [3.05, 3.63) is 35.4 Å². The molecule has 1 aromatic rings. The summed E-state index contributed by atoms with van der Waals surface area (Å²) in [6, 6.07) is 9.14. The van der Waals surface area contributed by atoms with E-state index in [0.717, 1.165) is 5.92 Å². The summed E-state index contributed by atoms with van der Waals surface area (Å²) in [5, 5.41) is 0. The van der Waals surface area contributed by atoms with Crippen molar-refractivity contribution in [2.45, 2.75) is 44.1 Å². The smallest absolute Gasteiger partial charge is 0.0486 e. The minimum Gasteiger partial charge on any atom is -0.299 e. The van der Waals surface area contributed by atoms with Crippen molar-refractivity contribution < 1.29 is 0 Å². The zero-order valence-electron chi connectivity index (χ0n) is 11.1. The summed E-state index contributed by atoms with van der Waals surface area (Å²) in [4.78, 5) is 2.51. The second-order valence-electron chi connectivity index (χ2n) is 5.96. The predicted molar refractivity (Wildman–Crippen MR) is 72.1 cm³/mol. The number of rotatable bonds is 1. The van der Waals surface area contributed by atoms with E-state index in [-0.39, 0.29) is 0 Å². The van der Waals surface area contributed by atoms with E-state index in [2.05, 4.69) is 43.3 Å². The van der Waals surface area contributed by atoms with Gasteiger partial charge in [0.1, 0.15) is 0 Å². The van der Waals surface area contributed by atoms with Gasteiger partial charge in [-0.2, -0.15) is 0 Å². The van der Waals surface area contributed by atoms with E-state index in [1.54, 1.807) is 11.1 Å². The van der Waals surface area contributed by atoms with Crippen molar-refractivity contribution >= 4 is 0 Å². The molecule has 3 rings (SSSR count). The summed E-state index contributed by atoms with van der Waals surface area (Å²) >= 11 is 0. The Bertz CT molecular complexity index is 410. The third-order valence-electron chi connectivity index (χ3n) is 5.08. The zero-order chi connectivity index (χ0) is 11.9. The number of benzene rings is 1. The second-order valence-corrected chi connectivity index (χ2v) is 5.96. The van der Waals surface area contributed by atoms with E-state index < -0.39 is 0 Å². The molecule has 2 aliphatic carbocycles. The molecule has 0 radical (unpaired) electrons. The Morgan fingerprint density at radius 3 is 2.76 bits per heavy atom. The molecule has 0 amide bonds. The van der Waals surface area contributed by atoms with E-state index >= 15 is 0 Å². The number of fused-ring (bicyclic) bond motifs is 3. The Morgan fingerprint density at radius 1 is 1.12 bits per heavy atom. The van der Waals surface area contributed by atoms with Crippen molar-refractivity contribution in [1.29, 1.82) is 0 Å². The van der Waals surface area contributed by atoms with Gasteiger partial charge in [-0.05, 0) is 56.8 Å². The average molecular weight is 229 g/mol. The molecule has 2 atom stereocenters. The van der Waals surface area contributed by atoms with Gasteiger partial charge in [-0.15, -0.1) is 0 Å². The Labute approximate surface area is 105 Å². The first-order chi connectivity index (χ1) is 8.25. The molecule has 0 heterocycles. The molecule has 0 aliphatic heterocycles. The molecule has 1 fully saturated rings. The van der Waals surface area contributed by atoms with Crippen LogP contribution in [0.4, 0.5) is 0 Å². The molecule has 0 aromatic heterocycles. The normalized spacial score (nSPS) is 32.1. The van der Waals surface area contributed by atoms with Crippen molar-refractivity contribution in [3.8, 4) is 0 Å². The molecular weight excluding hydrogens is 206 g/mol. The molecule has 1 heteroatoms. The van der Waals surface area contributed by atoms with Crippen LogP contribution in [0.25, 0.3) is 0 Å². The summed E-state index contributed by atoms with van der Waals surface area (Å²) < 4.78 is 0. The van der Waals surface area contributed by atoms with Crippen LogP contribution in [0.15, 0.2) is 24.3 Å². The van der Waals surface area contributed by atoms with Crippen LogP contribution in [-0.2, 0) is 12.0 Å². The van der Waals surface area contributed by atoms with Gasteiger partial charge in [0.25, 0.3) is 0 Å². The first-order valence-corrected chi connectivity index (χ1v) is 7.01. The molecule has 0 saturated heterocycles. The summed E-state index contributed by atoms with van der Waals surface area (Å²) in [6.07, 6.45) is 8.27. The third kappa shape index (κ3) is 1.55. The van der Waals surface area contributed by atoms with E-state index in [9.17, 15) is 0 Å². The molecule has 92 valence electrons. The maximum absolute atomic E-state index is 2.51. The fourth-order valence-electron chi connectivity index (χ4n) is 4.29. The molecule has 1 aromatic carbocycles. The molecule has 1 nitrogen and oxygen atoms in total. The van der Waals surface area contributed by atoms with E-state index in [0.29, 0.717) is 5.54 Å². The number of hydrogen-bond donors (Lipinski definition) is 0. The van der Waals surface area contributed by atoms with Crippen molar-refractivity contribution in [3.63, 3.8) is 0 Å². The zero-order valence-corrected chi connectivity index (χ0v) is 11.1. The van der Waals surface area contributed by atoms with Gasteiger partial charge in [0.15, 0.2) is 0 Å². The lowest BCUT2D eigenvalue weighted by Gasteiger charge is -2.52. The fourth-order valence-corrected chi connectivity index (χ4v) is 4.29. The molecule has 0 bridgehead atoms. The van der Waals surface area contributed by atoms with Crippen LogP contribution in [0.3, 0.4) is 0 Å². The summed E-state index contributed by atoms with van der Waals surface area (Å²) in [7, 11) is 4.56. The van der Waals surface area contributed by atoms with Gasteiger partial charge in [-0.25, -0.2) is 0 Å². The Kier molecular flexibility index (Phi) is 2.74. The van der Waals surface area contributed by atoms with Crippen LogP contribution in [0, 0.1) is 5.92 Å². The lowest BCUT2D eigenvalue weighted by atomic mass is 9.62. The fraction of sp³-hybridized carbons (Fsp3) is 0.625. The topological polar surface area (TPSA) is 3.24 Å². The van der Waals surface area contributed by atoms with Crippen LogP contribution in [-0.4, -0.2) is 19.0 Å². The van der Waals surface area contributed by atoms with E-state index in [1.807, 2.05) is 0 Å². The minimum absolute atomic E-state index is 0.340. The van der Waals surface area contributed by atoms with Crippen molar-refractivity contribution in [1.82, 2.24) is 4.90 Å². The highest BCUT2D eigenvalue weighted by atomic mass is 15.2. The van der Waals surface area contributed by atoms with Gasteiger partial charge < -0.3 is 0 Å². The van der Waals surface area contributed by atoms with Crippen LogP contribution in [0.1, 0.15) is 43.2 Å². The number of aryl methyl sites for hydroxylation is 1. The van der Waals surface area contributed by atoms with Gasteiger partial charge in [-0.1, -0.05) is 37.1 Å².